The molecule has 1 aliphatic carbocycles. The van der Waals surface area contributed by atoms with Crippen molar-refractivity contribution in [2.45, 2.75) is 38.0 Å². The highest BCUT2D eigenvalue weighted by Crippen LogP contribution is 2.43. The van der Waals surface area contributed by atoms with Gasteiger partial charge in [-0.25, -0.2) is 0 Å². The number of phenolic OH excluding ortho intramolecular Hbond substituents is 1. The summed E-state index contributed by atoms with van der Waals surface area (Å²) in [6, 6.07) is 7.63. The molecule has 16 heavy (non-hydrogen) atoms. The second kappa shape index (κ2) is 4.46. The van der Waals surface area contributed by atoms with E-state index in [1.165, 1.54) is 24.8 Å². The van der Waals surface area contributed by atoms with Crippen molar-refractivity contribution in [3.63, 3.8) is 0 Å². The van der Waals surface area contributed by atoms with Gasteiger partial charge in [-0.05, 0) is 36.5 Å². The summed E-state index contributed by atoms with van der Waals surface area (Å²) < 4.78 is 0. The molecular weight excluding hydrogens is 198 g/mol. The van der Waals surface area contributed by atoms with Crippen LogP contribution < -0.4 is 5.73 Å². The van der Waals surface area contributed by atoms with Gasteiger partial charge in [-0.2, -0.15) is 0 Å². The third kappa shape index (κ3) is 1.82. The lowest BCUT2D eigenvalue weighted by atomic mass is 9.63. The number of phenols is 1. The van der Waals surface area contributed by atoms with Crippen LogP contribution in [0.15, 0.2) is 24.3 Å². The maximum absolute atomic E-state index is 9.60. The summed E-state index contributed by atoms with van der Waals surface area (Å²) in [5.74, 6) is 0.955. The molecule has 2 rings (SSSR count). The van der Waals surface area contributed by atoms with E-state index in [4.69, 9.17) is 5.73 Å². The molecule has 3 N–H and O–H groups in total. The van der Waals surface area contributed by atoms with E-state index in [1.54, 1.807) is 6.07 Å². The smallest absolute Gasteiger partial charge is 0.115 e. The molecule has 0 heterocycles. The summed E-state index contributed by atoms with van der Waals surface area (Å²) >= 11 is 0. The van der Waals surface area contributed by atoms with Gasteiger partial charge in [0.15, 0.2) is 0 Å². The third-order valence-electron chi connectivity index (χ3n) is 4.24. The highest BCUT2D eigenvalue weighted by molar-refractivity contribution is 5.34. The van der Waals surface area contributed by atoms with E-state index in [1.807, 2.05) is 12.1 Å². The number of benzene rings is 1. The Morgan fingerprint density at radius 1 is 1.44 bits per heavy atom. The maximum atomic E-state index is 9.60. The molecule has 0 unspecified atom stereocenters. The number of nitrogens with two attached hydrogens (primary N) is 1. The van der Waals surface area contributed by atoms with Crippen LogP contribution >= 0.6 is 0 Å². The number of rotatable bonds is 2. The average Bonchev–Trinajstić information content (AvgIpc) is 2.30. The summed E-state index contributed by atoms with van der Waals surface area (Å²) in [5.41, 5.74) is 7.32. The van der Waals surface area contributed by atoms with Gasteiger partial charge in [0, 0.05) is 12.0 Å². The molecule has 0 spiro atoms. The van der Waals surface area contributed by atoms with Gasteiger partial charge in [-0.1, -0.05) is 31.9 Å². The summed E-state index contributed by atoms with van der Waals surface area (Å²) in [6.07, 6.45) is 4.94. The number of hydrogen-bond donors (Lipinski definition) is 2. The van der Waals surface area contributed by atoms with Gasteiger partial charge in [0.1, 0.15) is 5.75 Å². The molecule has 0 radical (unpaired) electrons. The molecule has 2 atom stereocenters. The highest BCUT2D eigenvalue weighted by atomic mass is 16.3. The Bertz CT molecular complexity index is 364. The van der Waals surface area contributed by atoms with Gasteiger partial charge < -0.3 is 10.8 Å². The van der Waals surface area contributed by atoms with Crippen molar-refractivity contribution >= 4 is 0 Å². The molecule has 0 saturated heterocycles. The zero-order valence-corrected chi connectivity index (χ0v) is 9.95. The normalized spacial score (nSPS) is 30.2. The van der Waals surface area contributed by atoms with Gasteiger partial charge >= 0.3 is 0 Å². The lowest BCUT2D eigenvalue weighted by Gasteiger charge is -2.42. The Balaban J connectivity index is 2.40. The second-order valence-corrected chi connectivity index (χ2v) is 5.06. The summed E-state index contributed by atoms with van der Waals surface area (Å²) in [5, 5.41) is 9.60. The first-order valence-corrected chi connectivity index (χ1v) is 6.18. The first kappa shape index (κ1) is 11.5. The zero-order chi connectivity index (χ0) is 11.6. The molecule has 1 aliphatic rings. The molecule has 1 aromatic carbocycles. The third-order valence-corrected chi connectivity index (χ3v) is 4.24. The van der Waals surface area contributed by atoms with Crippen LogP contribution in [0.4, 0.5) is 0 Å². The Kier molecular flexibility index (Phi) is 3.20. The van der Waals surface area contributed by atoms with Crippen molar-refractivity contribution in [1.82, 2.24) is 0 Å². The molecule has 0 aliphatic heterocycles. The molecule has 1 fully saturated rings. The average molecular weight is 219 g/mol. The minimum absolute atomic E-state index is 0.0803. The van der Waals surface area contributed by atoms with Crippen LogP contribution in [0, 0.1) is 5.92 Å². The second-order valence-electron chi connectivity index (χ2n) is 5.06. The quantitative estimate of drug-likeness (QED) is 0.803. The van der Waals surface area contributed by atoms with E-state index >= 15 is 0 Å². The highest BCUT2D eigenvalue weighted by Gasteiger charge is 2.38. The topological polar surface area (TPSA) is 46.2 Å². The van der Waals surface area contributed by atoms with Crippen molar-refractivity contribution in [2.75, 3.05) is 6.54 Å². The molecule has 0 bridgehead atoms. The predicted octanol–water partition coefficient (Wildman–Crippen LogP) is 2.80. The zero-order valence-electron chi connectivity index (χ0n) is 9.95. The Labute approximate surface area is 97.5 Å². The van der Waals surface area contributed by atoms with E-state index in [0.29, 0.717) is 18.2 Å². The molecule has 1 aromatic rings. The van der Waals surface area contributed by atoms with Gasteiger partial charge in [0.05, 0.1) is 0 Å². The van der Waals surface area contributed by atoms with Crippen LogP contribution in [0.25, 0.3) is 0 Å². The monoisotopic (exact) mass is 219 g/mol. The number of aromatic hydroxyl groups is 1. The predicted molar refractivity (Wildman–Crippen MR) is 66.5 cm³/mol. The molecule has 2 heteroatoms. The van der Waals surface area contributed by atoms with E-state index in [9.17, 15) is 5.11 Å². The molecule has 0 aromatic heterocycles. The first-order valence-electron chi connectivity index (χ1n) is 6.18. The fourth-order valence-electron chi connectivity index (χ4n) is 3.08. The maximum Gasteiger partial charge on any atom is 0.115 e. The Hall–Kier alpha value is -1.02. The minimum Gasteiger partial charge on any atom is -0.508 e. The lowest BCUT2D eigenvalue weighted by Crippen LogP contribution is -2.43. The Morgan fingerprint density at radius 2 is 2.25 bits per heavy atom. The van der Waals surface area contributed by atoms with Crippen LogP contribution in [0.2, 0.25) is 0 Å². The van der Waals surface area contributed by atoms with Gasteiger partial charge in [-0.3, -0.25) is 0 Å². The van der Waals surface area contributed by atoms with Crippen LogP contribution in [-0.2, 0) is 5.41 Å². The molecule has 1 saturated carbocycles. The van der Waals surface area contributed by atoms with E-state index < -0.39 is 0 Å². The molecular formula is C14H21NO. The SMILES string of the molecule is C[C@@H]1CCCC[C@]1(CN)c1cccc(O)c1. The van der Waals surface area contributed by atoms with E-state index in [0.717, 1.165) is 6.42 Å². The van der Waals surface area contributed by atoms with Crippen LogP contribution in [0.1, 0.15) is 38.2 Å². The van der Waals surface area contributed by atoms with Crippen molar-refractivity contribution in [2.24, 2.45) is 11.7 Å². The first-order chi connectivity index (χ1) is 7.69. The molecule has 88 valence electrons. The van der Waals surface area contributed by atoms with E-state index in [2.05, 4.69) is 13.0 Å². The molecule has 2 nitrogen and oxygen atoms in total. The fourth-order valence-corrected chi connectivity index (χ4v) is 3.08. The van der Waals surface area contributed by atoms with Gasteiger partial charge in [0.25, 0.3) is 0 Å². The minimum atomic E-state index is 0.0803. The summed E-state index contributed by atoms with van der Waals surface area (Å²) in [6.45, 7) is 2.97. The van der Waals surface area contributed by atoms with Crippen LogP contribution in [0.3, 0.4) is 0 Å². The molecule has 0 amide bonds. The van der Waals surface area contributed by atoms with Crippen molar-refractivity contribution in [3.8, 4) is 5.75 Å². The van der Waals surface area contributed by atoms with Gasteiger partial charge in [0.2, 0.25) is 0 Å². The van der Waals surface area contributed by atoms with Crippen molar-refractivity contribution in [1.29, 1.82) is 0 Å². The standard InChI is InChI=1S/C14H21NO/c1-11-5-2-3-8-14(11,10-15)12-6-4-7-13(16)9-12/h4,6-7,9,11,16H,2-3,5,8,10,15H2,1H3/t11-,14-/m1/s1. The Morgan fingerprint density at radius 3 is 2.88 bits per heavy atom. The van der Waals surface area contributed by atoms with Crippen LogP contribution in [0.5, 0.6) is 5.75 Å². The van der Waals surface area contributed by atoms with Gasteiger partial charge in [-0.15, -0.1) is 0 Å². The number of hydrogen-bond acceptors (Lipinski definition) is 2. The van der Waals surface area contributed by atoms with Crippen LogP contribution in [-0.4, -0.2) is 11.7 Å². The van der Waals surface area contributed by atoms with Crippen molar-refractivity contribution in [3.05, 3.63) is 29.8 Å². The van der Waals surface area contributed by atoms with Crippen molar-refractivity contribution < 1.29 is 5.11 Å². The lowest BCUT2D eigenvalue weighted by molar-refractivity contribution is 0.207. The largest absolute Gasteiger partial charge is 0.508 e. The van der Waals surface area contributed by atoms with E-state index in [-0.39, 0.29) is 5.41 Å². The summed E-state index contributed by atoms with van der Waals surface area (Å²) in [7, 11) is 0. The fraction of sp³-hybridized carbons (Fsp3) is 0.571. The summed E-state index contributed by atoms with van der Waals surface area (Å²) in [4.78, 5) is 0.